The SMILES string of the molecule is CN1CCC(NC(=O)c2cccc(-c3cn[nH]c3[C@H]3CCCN(CCOCc4ccccc4)C3)c2)CC1. The van der Waals surface area contributed by atoms with Crippen molar-refractivity contribution in [1.29, 1.82) is 0 Å². The number of hydrogen-bond donors (Lipinski definition) is 2. The lowest BCUT2D eigenvalue weighted by molar-refractivity contribution is 0.0827. The van der Waals surface area contributed by atoms with Crippen LogP contribution in [-0.2, 0) is 11.3 Å². The molecule has 3 aromatic rings. The van der Waals surface area contributed by atoms with E-state index in [0.717, 1.165) is 76.1 Å². The van der Waals surface area contributed by atoms with Gasteiger partial charge >= 0.3 is 0 Å². The molecule has 2 aromatic carbocycles. The van der Waals surface area contributed by atoms with Crippen LogP contribution in [0.5, 0.6) is 0 Å². The van der Waals surface area contributed by atoms with Crippen LogP contribution < -0.4 is 5.32 Å². The van der Waals surface area contributed by atoms with E-state index in [-0.39, 0.29) is 11.9 Å². The Kier molecular flexibility index (Phi) is 8.66. The van der Waals surface area contributed by atoms with Crippen molar-refractivity contribution in [2.75, 3.05) is 46.4 Å². The summed E-state index contributed by atoms with van der Waals surface area (Å²) in [6, 6.07) is 18.6. The van der Waals surface area contributed by atoms with Crippen LogP contribution in [0.15, 0.2) is 60.8 Å². The number of carbonyl (C=O) groups excluding carboxylic acids is 1. The Balaban J connectivity index is 1.18. The lowest BCUT2D eigenvalue weighted by Crippen LogP contribution is -2.43. The zero-order valence-corrected chi connectivity index (χ0v) is 21.9. The van der Waals surface area contributed by atoms with Gasteiger partial charge in [-0.1, -0.05) is 42.5 Å². The van der Waals surface area contributed by atoms with Crippen LogP contribution in [0.2, 0.25) is 0 Å². The number of aromatic nitrogens is 2. The topological polar surface area (TPSA) is 73.5 Å². The van der Waals surface area contributed by atoms with Gasteiger partial charge in [0.1, 0.15) is 0 Å². The van der Waals surface area contributed by atoms with E-state index in [4.69, 9.17) is 4.74 Å². The molecular formula is C30H39N5O2. The number of hydrogen-bond acceptors (Lipinski definition) is 5. The molecule has 0 bridgehead atoms. The van der Waals surface area contributed by atoms with E-state index >= 15 is 0 Å². The maximum atomic E-state index is 13.0. The van der Waals surface area contributed by atoms with Gasteiger partial charge in [-0.2, -0.15) is 5.10 Å². The van der Waals surface area contributed by atoms with E-state index in [1.807, 2.05) is 42.6 Å². The predicted octanol–water partition coefficient (Wildman–Crippen LogP) is 4.30. The number of H-pyrrole nitrogens is 1. The van der Waals surface area contributed by atoms with Gasteiger partial charge in [-0.25, -0.2) is 0 Å². The maximum Gasteiger partial charge on any atom is 0.251 e. The van der Waals surface area contributed by atoms with Crippen molar-refractivity contribution >= 4 is 5.91 Å². The first-order valence-electron chi connectivity index (χ1n) is 13.6. The number of benzene rings is 2. The zero-order valence-electron chi connectivity index (χ0n) is 21.9. The molecule has 0 unspecified atom stereocenters. The molecule has 1 aromatic heterocycles. The van der Waals surface area contributed by atoms with Gasteiger partial charge in [0, 0.05) is 41.9 Å². The summed E-state index contributed by atoms with van der Waals surface area (Å²) in [4.78, 5) is 17.8. The van der Waals surface area contributed by atoms with Gasteiger partial charge in [-0.15, -0.1) is 0 Å². The van der Waals surface area contributed by atoms with E-state index in [2.05, 4.69) is 50.6 Å². The average molecular weight is 502 g/mol. The van der Waals surface area contributed by atoms with Gasteiger partial charge < -0.3 is 19.9 Å². The fourth-order valence-electron chi connectivity index (χ4n) is 5.54. The standard InChI is InChI=1S/C30H39N5O2/c1-34-15-12-27(13-16-34)32-30(36)25-10-5-9-24(19-25)28-20-31-33-29(28)26-11-6-14-35(21-26)17-18-37-22-23-7-3-2-4-8-23/h2-5,7-10,19-20,26-27H,6,11-18,21-22H2,1H3,(H,31,33)(H,32,36)/t26-/m0/s1. The van der Waals surface area contributed by atoms with Gasteiger partial charge in [0.05, 0.1) is 19.4 Å². The van der Waals surface area contributed by atoms with E-state index in [0.29, 0.717) is 18.1 Å². The smallest absolute Gasteiger partial charge is 0.251 e. The van der Waals surface area contributed by atoms with Crippen molar-refractivity contribution in [2.24, 2.45) is 0 Å². The summed E-state index contributed by atoms with van der Waals surface area (Å²) in [5.41, 5.74) is 5.24. The Labute approximate surface area is 220 Å². The Morgan fingerprint density at radius 1 is 1.08 bits per heavy atom. The molecule has 37 heavy (non-hydrogen) atoms. The van der Waals surface area contributed by atoms with E-state index in [1.54, 1.807) is 0 Å². The highest BCUT2D eigenvalue weighted by molar-refractivity contribution is 5.95. The number of carbonyl (C=O) groups is 1. The monoisotopic (exact) mass is 501 g/mol. The number of likely N-dealkylation sites (tertiary alicyclic amines) is 2. The number of amides is 1. The number of ether oxygens (including phenoxy) is 1. The lowest BCUT2D eigenvalue weighted by atomic mass is 9.90. The number of nitrogens with zero attached hydrogens (tertiary/aromatic N) is 3. The minimum absolute atomic E-state index is 0.0146. The van der Waals surface area contributed by atoms with E-state index < -0.39 is 0 Å². The summed E-state index contributed by atoms with van der Waals surface area (Å²) in [5, 5.41) is 10.9. The highest BCUT2D eigenvalue weighted by atomic mass is 16.5. The van der Waals surface area contributed by atoms with Gasteiger partial charge in [0.2, 0.25) is 0 Å². The molecule has 2 fully saturated rings. The van der Waals surface area contributed by atoms with Gasteiger partial charge in [0.15, 0.2) is 0 Å². The minimum Gasteiger partial charge on any atom is -0.375 e. The minimum atomic E-state index is 0.0146. The predicted molar refractivity (Wildman–Crippen MR) is 147 cm³/mol. The second-order valence-corrected chi connectivity index (χ2v) is 10.5. The summed E-state index contributed by atoms with van der Waals surface area (Å²) in [6.45, 7) is 6.46. The Hall–Kier alpha value is -3.00. The molecular weight excluding hydrogens is 462 g/mol. The van der Waals surface area contributed by atoms with Crippen molar-refractivity contribution in [2.45, 2.75) is 44.2 Å². The van der Waals surface area contributed by atoms with Crippen molar-refractivity contribution < 1.29 is 9.53 Å². The molecule has 0 spiro atoms. The summed E-state index contributed by atoms with van der Waals surface area (Å²) in [5.74, 6) is 0.401. The van der Waals surface area contributed by atoms with Gasteiger partial charge in [0.25, 0.3) is 5.91 Å². The van der Waals surface area contributed by atoms with Crippen molar-refractivity contribution in [3.8, 4) is 11.1 Å². The van der Waals surface area contributed by atoms with Gasteiger partial charge in [-0.3, -0.25) is 9.89 Å². The number of aromatic amines is 1. The first-order chi connectivity index (χ1) is 18.2. The normalized spacial score (nSPS) is 19.6. The van der Waals surface area contributed by atoms with Crippen LogP contribution in [0, 0.1) is 0 Å². The molecule has 3 heterocycles. The molecule has 2 saturated heterocycles. The summed E-state index contributed by atoms with van der Waals surface area (Å²) in [6.07, 6.45) is 6.20. The highest BCUT2D eigenvalue weighted by Crippen LogP contribution is 2.33. The Morgan fingerprint density at radius 3 is 2.76 bits per heavy atom. The quantitative estimate of drug-likeness (QED) is 0.428. The summed E-state index contributed by atoms with van der Waals surface area (Å²) in [7, 11) is 2.13. The third-order valence-corrected chi connectivity index (χ3v) is 7.74. The molecule has 1 amide bonds. The molecule has 0 aliphatic carbocycles. The molecule has 7 heteroatoms. The number of rotatable bonds is 9. The second-order valence-electron chi connectivity index (χ2n) is 10.5. The highest BCUT2D eigenvalue weighted by Gasteiger charge is 2.25. The van der Waals surface area contributed by atoms with Crippen LogP contribution in [0.4, 0.5) is 0 Å². The van der Waals surface area contributed by atoms with Crippen molar-refractivity contribution in [3.63, 3.8) is 0 Å². The number of nitrogens with one attached hydrogen (secondary N) is 2. The fourth-order valence-corrected chi connectivity index (χ4v) is 5.54. The third kappa shape index (κ3) is 6.86. The first kappa shape index (κ1) is 25.6. The molecule has 7 nitrogen and oxygen atoms in total. The zero-order chi connectivity index (χ0) is 25.5. The summed E-state index contributed by atoms with van der Waals surface area (Å²) >= 11 is 0. The van der Waals surface area contributed by atoms with Crippen LogP contribution in [0.3, 0.4) is 0 Å². The van der Waals surface area contributed by atoms with Crippen LogP contribution >= 0.6 is 0 Å². The molecule has 5 rings (SSSR count). The molecule has 2 aliphatic heterocycles. The maximum absolute atomic E-state index is 13.0. The van der Waals surface area contributed by atoms with Crippen LogP contribution in [-0.4, -0.2) is 78.3 Å². The molecule has 0 saturated carbocycles. The second kappa shape index (κ2) is 12.5. The average Bonchev–Trinajstić information content (AvgIpc) is 3.44. The van der Waals surface area contributed by atoms with Gasteiger partial charge in [-0.05, 0) is 75.6 Å². The summed E-state index contributed by atoms with van der Waals surface area (Å²) < 4.78 is 5.93. The molecule has 196 valence electrons. The fraction of sp³-hybridized carbons (Fsp3) is 0.467. The van der Waals surface area contributed by atoms with E-state index in [1.165, 1.54) is 11.3 Å². The molecule has 1 atom stereocenters. The van der Waals surface area contributed by atoms with Crippen LogP contribution in [0.25, 0.3) is 11.1 Å². The van der Waals surface area contributed by atoms with Crippen molar-refractivity contribution in [1.82, 2.24) is 25.3 Å². The Morgan fingerprint density at radius 2 is 1.92 bits per heavy atom. The Bertz CT molecular complexity index is 1140. The van der Waals surface area contributed by atoms with E-state index in [9.17, 15) is 4.79 Å². The molecule has 2 N–H and O–H groups in total. The molecule has 2 aliphatic rings. The van der Waals surface area contributed by atoms with Crippen molar-refractivity contribution in [3.05, 3.63) is 77.6 Å². The largest absolute Gasteiger partial charge is 0.375 e. The lowest BCUT2D eigenvalue weighted by Gasteiger charge is -2.32. The first-order valence-corrected chi connectivity index (χ1v) is 13.6. The van der Waals surface area contributed by atoms with Crippen LogP contribution in [0.1, 0.15) is 53.2 Å². The molecule has 0 radical (unpaired) electrons. The third-order valence-electron chi connectivity index (χ3n) is 7.74. The number of piperidine rings is 2.